The number of hydrogen-bond donors (Lipinski definition) is 4. The molecule has 0 bridgehead atoms. The molecule has 6 nitrogen and oxygen atoms in total. The van der Waals surface area contributed by atoms with Gasteiger partial charge in [0.05, 0.1) is 12.7 Å². The van der Waals surface area contributed by atoms with Crippen molar-refractivity contribution in [1.82, 2.24) is 0 Å². The average molecular weight is 443 g/mol. The van der Waals surface area contributed by atoms with Gasteiger partial charge in [-0.25, -0.2) is 0 Å². The smallest absolute Gasteiger partial charge is 0.119 e. The third kappa shape index (κ3) is 4.43. The highest BCUT2D eigenvalue weighted by molar-refractivity contribution is 5.51. The van der Waals surface area contributed by atoms with Crippen LogP contribution < -0.4 is 4.74 Å². The van der Waals surface area contributed by atoms with Crippen LogP contribution in [0.2, 0.25) is 0 Å². The van der Waals surface area contributed by atoms with Crippen LogP contribution >= 0.6 is 0 Å². The van der Waals surface area contributed by atoms with Crippen molar-refractivity contribution in [3.63, 3.8) is 0 Å². The zero-order chi connectivity index (χ0) is 23.0. The summed E-state index contributed by atoms with van der Waals surface area (Å²) in [5, 5.41) is 40.8. The Morgan fingerprint density at radius 2 is 1.69 bits per heavy atom. The van der Waals surface area contributed by atoms with Crippen LogP contribution in [0.5, 0.6) is 5.75 Å². The molecule has 1 saturated heterocycles. The highest BCUT2D eigenvalue weighted by Crippen LogP contribution is 2.39. The maximum absolute atomic E-state index is 10.7. The van der Waals surface area contributed by atoms with Gasteiger partial charge in [-0.15, -0.1) is 0 Å². The molecule has 2 aromatic rings. The molecule has 2 aromatic carbocycles. The molecule has 1 fully saturated rings. The lowest BCUT2D eigenvalue weighted by molar-refractivity contribution is -0.231. The van der Waals surface area contributed by atoms with E-state index in [1.54, 1.807) is 0 Å². The highest BCUT2D eigenvalue weighted by atomic mass is 16.5. The normalized spacial score (nSPS) is 27.6. The number of ether oxygens (including phenoxy) is 2. The Hall–Kier alpha value is -1.96. The topological polar surface area (TPSA) is 99.4 Å². The minimum Gasteiger partial charge on any atom is -0.491 e. The van der Waals surface area contributed by atoms with E-state index in [9.17, 15) is 20.4 Å². The van der Waals surface area contributed by atoms with Crippen molar-refractivity contribution in [2.24, 2.45) is 0 Å². The van der Waals surface area contributed by atoms with E-state index in [1.807, 2.05) is 32.9 Å². The zero-order valence-electron chi connectivity index (χ0n) is 19.0. The standard InChI is InChI=1S/C26H34O6/c1-14(2)31-18-9-7-16(8-10-18)11-17-12-21(15(3)19-5-4-6-20(17)19)26-25(30)24(29)23(28)22(13-27)32-26/h7-10,12,14,22-30H,4-6,11,13H2,1-3H3/t22-,23-,24+,25-,26+/m1/s1. The number of rotatable bonds is 6. The van der Waals surface area contributed by atoms with Gasteiger partial charge in [0.15, 0.2) is 0 Å². The first-order valence-corrected chi connectivity index (χ1v) is 11.5. The van der Waals surface area contributed by atoms with Crippen LogP contribution in [0.4, 0.5) is 0 Å². The minimum absolute atomic E-state index is 0.127. The van der Waals surface area contributed by atoms with Gasteiger partial charge in [-0.1, -0.05) is 18.2 Å². The Morgan fingerprint density at radius 3 is 2.34 bits per heavy atom. The van der Waals surface area contributed by atoms with Crippen molar-refractivity contribution in [2.75, 3.05) is 6.61 Å². The molecule has 4 N–H and O–H groups in total. The maximum atomic E-state index is 10.7. The van der Waals surface area contributed by atoms with Crippen molar-refractivity contribution in [3.8, 4) is 5.75 Å². The summed E-state index contributed by atoms with van der Waals surface area (Å²) in [6, 6.07) is 10.2. The number of hydrogen-bond acceptors (Lipinski definition) is 6. The molecule has 4 rings (SSSR count). The molecule has 0 spiro atoms. The molecule has 6 heteroatoms. The second-order valence-corrected chi connectivity index (χ2v) is 9.30. The summed E-state index contributed by atoms with van der Waals surface area (Å²) in [4.78, 5) is 0. The predicted octanol–water partition coefficient (Wildman–Crippen LogP) is 2.38. The number of aliphatic hydroxyl groups excluding tert-OH is 4. The molecule has 1 aliphatic carbocycles. The lowest BCUT2D eigenvalue weighted by atomic mass is 9.84. The summed E-state index contributed by atoms with van der Waals surface area (Å²) in [6.07, 6.45) is -1.77. The first-order valence-electron chi connectivity index (χ1n) is 11.5. The van der Waals surface area contributed by atoms with Gasteiger partial charge in [0.2, 0.25) is 0 Å². The molecular formula is C26H34O6. The van der Waals surface area contributed by atoms with Crippen LogP contribution in [0.1, 0.15) is 59.8 Å². The summed E-state index contributed by atoms with van der Waals surface area (Å²) in [5.41, 5.74) is 6.88. The van der Waals surface area contributed by atoms with Gasteiger partial charge in [0.25, 0.3) is 0 Å². The SMILES string of the molecule is Cc1c([C@@H]2O[C@H](CO)[C@@H](O)[C@H](O)[C@H]2O)cc(Cc2ccc(OC(C)C)cc2)c2c1CCC2. The Labute approximate surface area is 189 Å². The Kier molecular flexibility index (Phi) is 6.89. The average Bonchev–Trinajstić information content (AvgIpc) is 3.26. The Balaban J connectivity index is 1.68. The number of benzene rings is 2. The van der Waals surface area contributed by atoms with E-state index < -0.39 is 37.1 Å². The van der Waals surface area contributed by atoms with Crippen LogP contribution in [0.15, 0.2) is 30.3 Å². The molecule has 0 amide bonds. The second kappa shape index (κ2) is 9.49. The summed E-state index contributed by atoms with van der Waals surface area (Å²) >= 11 is 0. The van der Waals surface area contributed by atoms with E-state index in [4.69, 9.17) is 9.47 Å². The molecule has 1 aliphatic heterocycles. The van der Waals surface area contributed by atoms with Crippen molar-refractivity contribution >= 4 is 0 Å². The van der Waals surface area contributed by atoms with Crippen LogP contribution in [-0.4, -0.2) is 57.6 Å². The van der Waals surface area contributed by atoms with E-state index in [0.717, 1.165) is 42.6 Å². The monoisotopic (exact) mass is 442 g/mol. The van der Waals surface area contributed by atoms with Gasteiger partial charge in [-0.05, 0) is 92.0 Å². The fraction of sp³-hybridized carbons (Fsp3) is 0.538. The van der Waals surface area contributed by atoms with Gasteiger partial charge in [-0.3, -0.25) is 0 Å². The summed E-state index contributed by atoms with van der Waals surface area (Å²) in [5.74, 6) is 0.847. The maximum Gasteiger partial charge on any atom is 0.119 e. The zero-order valence-corrected chi connectivity index (χ0v) is 19.0. The van der Waals surface area contributed by atoms with Crippen LogP contribution in [0.3, 0.4) is 0 Å². The van der Waals surface area contributed by atoms with Crippen molar-refractivity contribution in [3.05, 3.63) is 63.7 Å². The van der Waals surface area contributed by atoms with Crippen LogP contribution in [0, 0.1) is 6.92 Å². The van der Waals surface area contributed by atoms with Gasteiger partial charge < -0.3 is 29.9 Å². The van der Waals surface area contributed by atoms with Crippen molar-refractivity contribution in [2.45, 2.75) is 83.1 Å². The minimum atomic E-state index is -1.38. The molecule has 0 radical (unpaired) electrons. The lowest BCUT2D eigenvalue weighted by Gasteiger charge is -2.41. The second-order valence-electron chi connectivity index (χ2n) is 9.30. The van der Waals surface area contributed by atoms with Crippen LogP contribution in [-0.2, 0) is 24.0 Å². The molecule has 0 unspecified atom stereocenters. The van der Waals surface area contributed by atoms with Gasteiger partial charge >= 0.3 is 0 Å². The predicted molar refractivity (Wildman–Crippen MR) is 121 cm³/mol. The first-order chi connectivity index (χ1) is 15.3. The van der Waals surface area contributed by atoms with Crippen molar-refractivity contribution in [1.29, 1.82) is 0 Å². The fourth-order valence-corrected chi connectivity index (χ4v) is 5.06. The summed E-state index contributed by atoms with van der Waals surface area (Å²) in [7, 11) is 0. The number of fused-ring (bicyclic) bond motifs is 1. The molecule has 5 atom stereocenters. The van der Waals surface area contributed by atoms with Crippen LogP contribution in [0.25, 0.3) is 0 Å². The molecule has 1 heterocycles. The highest BCUT2D eigenvalue weighted by Gasteiger charge is 2.44. The van der Waals surface area contributed by atoms with E-state index >= 15 is 0 Å². The third-order valence-corrected chi connectivity index (χ3v) is 6.71. The Morgan fingerprint density at radius 1 is 1.00 bits per heavy atom. The summed E-state index contributed by atoms with van der Waals surface area (Å²) < 4.78 is 11.6. The summed E-state index contributed by atoms with van der Waals surface area (Å²) in [6.45, 7) is 5.61. The molecule has 2 aliphatic rings. The van der Waals surface area contributed by atoms with Gasteiger partial charge in [0, 0.05) is 0 Å². The largest absolute Gasteiger partial charge is 0.491 e. The third-order valence-electron chi connectivity index (χ3n) is 6.71. The van der Waals surface area contributed by atoms with Crippen molar-refractivity contribution < 1.29 is 29.9 Å². The lowest BCUT2D eigenvalue weighted by Crippen LogP contribution is -2.55. The Bertz CT molecular complexity index is 936. The van der Waals surface area contributed by atoms with Gasteiger partial charge in [0.1, 0.15) is 36.3 Å². The molecule has 0 aromatic heterocycles. The fourth-order valence-electron chi connectivity index (χ4n) is 5.06. The van der Waals surface area contributed by atoms with Gasteiger partial charge in [-0.2, -0.15) is 0 Å². The molecule has 32 heavy (non-hydrogen) atoms. The van der Waals surface area contributed by atoms with E-state index in [-0.39, 0.29) is 6.10 Å². The van der Waals surface area contributed by atoms with E-state index in [1.165, 1.54) is 22.3 Å². The van der Waals surface area contributed by atoms with E-state index in [2.05, 4.69) is 18.2 Å². The number of aliphatic hydroxyl groups is 4. The molecule has 0 saturated carbocycles. The van der Waals surface area contributed by atoms with E-state index in [0.29, 0.717) is 0 Å². The quantitative estimate of drug-likeness (QED) is 0.548. The molecule has 174 valence electrons. The molecular weight excluding hydrogens is 408 g/mol. The first kappa shape index (κ1) is 23.2.